The van der Waals surface area contributed by atoms with Gasteiger partial charge in [-0.25, -0.2) is 0 Å². The van der Waals surface area contributed by atoms with Gasteiger partial charge in [-0.05, 0) is 43.3 Å². The van der Waals surface area contributed by atoms with E-state index in [1.807, 2.05) is 66.5 Å². The van der Waals surface area contributed by atoms with E-state index in [-0.39, 0.29) is 5.91 Å². The van der Waals surface area contributed by atoms with Gasteiger partial charge in [-0.1, -0.05) is 30.3 Å². The molecule has 0 atom stereocenters. The van der Waals surface area contributed by atoms with Crippen LogP contribution >= 0.6 is 0 Å². The number of carbonyl (C=O) groups is 1. The Morgan fingerprint density at radius 2 is 1.84 bits per heavy atom. The molecule has 1 N–H and O–H groups in total. The molecule has 134 valence electrons. The molecule has 0 aromatic heterocycles. The van der Waals surface area contributed by atoms with Crippen LogP contribution in [0.5, 0.6) is 11.5 Å². The third-order valence-corrected chi connectivity index (χ3v) is 3.67. The van der Waals surface area contributed by atoms with Crippen molar-refractivity contribution in [3.8, 4) is 11.5 Å². The van der Waals surface area contributed by atoms with Crippen LogP contribution < -0.4 is 10.1 Å². The number of nitrogens with one attached hydrogen (secondary N) is 1. The lowest BCUT2D eigenvalue weighted by atomic mass is 10.2. The summed E-state index contributed by atoms with van der Waals surface area (Å²) in [6.07, 6.45) is 0.916. The molecule has 0 aliphatic rings. The number of hydrogen-bond donors (Lipinski definition) is 1. The topological polar surface area (TPSA) is 50.8 Å². The Morgan fingerprint density at radius 3 is 2.60 bits per heavy atom. The highest BCUT2D eigenvalue weighted by molar-refractivity contribution is 5.77. The quantitative estimate of drug-likeness (QED) is 0.674. The average Bonchev–Trinajstić information content (AvgIpc) is 2.61. The first-order chi connectivity index (χ1) is 12.2. The molecular formula is C20H26N2O3. The smallest absolute Gasteiger partial charge is 0.234 e. The molecule has 25 heavy (non-hydrogen) atoms. The first kappa shape index (κ1) is 19.0. The summed E-state index contributed by atoms with van der Waals surface area (Å²) < 4.78 is 10.8. The molecule has 2 aromatic rings. The minimum Gasteiger partial charge on any atom is -0.457 e. The van der Waals surface area contributed by atoms with Crippen molar-refractivity contribution in [2.24, 2.45) is 0 Å². The van der Waals surface area contributed by atoms with Crippen molar-refractivity contribution in [2.75, 3.05) is 33.9 Å². The highest BCUT2D eigenvalue weighted by Gasteiger charge is 2.06. The van der Waals surface area contributed by atoms with Crippen LogP contribution in [0.25, 0.3) is 0 Å². The molecule has 0 unspecified atom stereocenters. The van der Waals surface area contributed by atoms with Crippen molar-refractivity contribution < 1.29 is 14.3 Å². The highest BCUT2D eigenvalue weighted by Crippen LogP contribution is 2.21. The molecule has 5 nitrogen and oxygen atoms in total. The molecule has 0 heterocycles. The zero-order valence-corrected chi connectivity index (χ0v) is 14.9. The second-order valence-corrected chi connectivity index (χ2v) is 5.92. The summed E-state index contributed by atoms with van der Waals surface area (Å²) in [7, 11) is 3.62. The number of rotatable bonds is 10. The van der Waals surface area contributed by atoms with E-state index in [0.717, 1.165) is 30.0 Å². The first-order valence-corrected chi connectivity index (χ1v) is 8.43. The number of para-hydroxylation sites is 1. The highest BCUT2D eigenvalue weighted by atomic mass is 16.5. The zero-order chi connectivity index (χ0) is 17.9. The van der Waals surface area contributed by atoms with Crippen LogP contribution in [0, 0.1) is 0 Å². The lowest BCUT2D eigenvalue weighted by Crippen LogP contribution is -2.35. The number of amides is 1. The Kier molecular flexibility index (Phi) is 7.95. The summed E-state index contributed by atoms with van der Waals surface area (Å²) in [6.45, 7) is 2.41. The van der Waals surface area contributed by atoms with Crippen LogP contribution in [0.15, 0.2) is 54.6 Å². The standard InChI is InChI=1S/C20H26N2O3/c1-22(12-7-13-24-2)16-20(23)21-15-17-8-6-11-19(14-17)25-18-9-4-3-5-10-18/h3-6,8-11,14H,7,12-13,15-16H2,1-2H3,(H,21,23). The fourth-order valence-corrected chi connectivity index (χ4v) is 2.40. The van der Waals surface area contributed by atoms with Crippen LogP contribution in [0.4, 0.5) is 0 Å². The summed E-state index contributed by atoms with van der Waals surface area (Å²) >= 11 is 0. The third kappa shape index (κ3) is 7.37. The van der Waals surface area contributed by atoms with Gasteiger partial charge in [-0.3, -0.25) is 9.69 Å². The van der Waals surface area contributed by atoms with Gasteiger partial charge in [0.25, 0.3) is 0 Å². The van der Waals surface area contributed by atoms with Crippen molar-refractivity contribution in [2.45, 2.75) is 13.0 Å². The predicted octanol–water partition coefficient (Wildman–Crippen LogP) is 3.06. The van der Waals surface area contributed by atoms with Crippen molar-refractivity contribution in [3.05, 3.63) is 60.2 Å². The number of benzene rings is 2. The van der Waals surface area contributed by atoms with Gasteiger partial charge < -0.3 is 14.8 Å². The molecule has 0 bridgehead atoms. The van der Waals surface area contributed by atoms with E-state index in [0.29, 0.717) is 19.7 Å². The van der Waals surface area contributed by atoms with E-state index in [9.17, 15) is 4.79 Å². The van der Waals surface area contributed by atoms with E-state index < -0.39 is 0 Å². The SMILES string of the molecule is COCCCN(C)CC(=O)NCc1cccc(Oc2ccccc2)c1. The van der Waals surface area contributed by atoms with Crippen molar-refractivity contribution in [1.29, 1.82) is 0 Å². The average molecular weight is 342 g/mol. The fraction of sp³-hybridized carbons (Fsp3) is 0.350. The van der Waals surface area contributed by atoms with E-state index >= 15 is 0 Å². The van der Waals surface area contributed by atoms with Crippen molar-refractivity contribution >= 4 is 5.91 Å². The maximum atomic E-state index is 12.0. The molecule has 2 rings (SSSR count). The Bertz CT molecular complexity index is 646. The zero-order valence-electron chi connectivity index (χ0n) is 14.9. The Balaban J connectivity index is 1.78. The molecule has 0 fully saturated rings. The van der Waals surface area contributed by atoms with Gasteiger partial charge >= 0.3 is 0 Å². The van der Waals surface area contributed by atoms with Crippen molar-refractivity contribution in [1.82, 2.24) is 10.2 Å². The lowest BCUT2D eigenvalue weighted by Gasteiger charge is -2.16. The van der Waals surface area contributed by atoms with Crippen LogP contribution in [0.1, 0.15) is 12.0 Å². The largest absolute Gasteiger partial charge is 0.457 e. The predicted molar refractivity (Wildman–Crippen MR) is 98.8 cm³/mol. The molecular weight excluding hydrogens is 316 g/mol. The van der Waals surface area contributed by atoms with Gasteiger partial charge in [0.15, 0.2) is 0 Å². The van der Waals surface area contributed by atoms with Crippen molar-refractivity contribution in [3.63, 3.8) is 0 Å². The molecule has 0 radical (unpaired) electrons. The normalized spacial score (nSPS) is 10.7. The molecule has 2 aromatic carbocycles. The maximum absolute atomic E-state index is 12.0. The monoisotopic (exact) mass is 342 g/mol. The summed E-state index contributed by atoms with van der Waals surface area (Å²) in [5.74, 6) is 1.56. The number of hydrogen-bond acceptors (Lipinski definition) is 4. The molecule has 5 heteroatoms. The second-order valence-electron chi connectivity index (χ2n) is 5.92. The number of nitrogens with zero attached hydrogens (tertiary/aromatic N) is 1. The number of methoxy groups -OCH3 is 1. The first-order valence-electron chi connectivity index (χ1n) is 8.43. The summed E-state index contributed by atoms with van der Waals surface area (Å²) in [5.41, 5.74) is 1.00. The van der Waals surface area contributed by atoms with Gasteiger partial charge in [0.05, 0.1) is 6.54 Å². The van der Waals surface area contributed by atoms with Crippen LogP contribution in [0.2, 0.25) is 0 Å². The lowest BCUT2D eigenvalue weighted by molar-refractivity contribution is -0.122. The van der Waals surface area contributed by atoms with E-state index in [2.05, 4.69) is 5.32 Å². The minimum absolute atomic E-state index is 0.00861. The number of likely N-dealkylation sites (N-methyl/N-ethyl adjacent to an activating group) is 1. The molecule has 1 amide bonds. The molecule has 0 saturated carbocycles. The van der Waals surface area contributed by atoms with Crippen LogP contribution in [0.3, 0.4) is 0 Å². The van der Waals surface area contributed by atoms with Gasteiger partial charge in [0, 0.05) is 26.8 Å². The van der Waals surface area contributed by atoms with E-state index in [1.54, 1.807) is 7.11 Å². The van der Waals surface area contributed by atoms with Gasteiger partial charge in [0.2, 0.25) is 5.91 Å². The summed E-state index contributed by atoms with van der Waals surface area (Å²) in [5, 5.41) is 2.94. The Hall–Kier alpha value is -2.37. The van der Waals surface area contributed by atoms with Gasteiger partial charge in [-0.15, -0.1) is 0 Å². The summed E-state index contributed by atoms with van der Waals surface area (Å²) in [6, 6.07) is 17.4. The van der Waals surface area contributed by atoms with E-state index in [4.69, 9.17) is 9.47 Å². The summed E-state index contributed by atoms with van der Waals surface area (Å²) in [4.78, 5) is 14.0. The second kappa shape index (κ2) is 10.5. The number of carbonyl (C=O) groups excluding carboxylic acids is 1. The third-order valence-electron chi connectivity index (χ3n) is 3.67. The van der Waals surface area contributed by atoms with Gasteiger partial charge in [0.1, 0.15) is 11.5 Å². The minimum atomic E-state index is 0.00861. The molecule has 0 aliphatic carbocycles. The van der Waals surface area contributed by atoms with Crippen LogP contribution in [-0.2, 0) is 16.1 Å². The maximum Gasteiger partial charge on any atom is 0.234 e. The fourth-order valence-electron chi connectivity index (χ4n) is 2.40. The Morgan fingerprint density at radius 1 is 1.08 bits per heavy atom. The van der Waals surface area contributed by atoms with Gasteiger partial charge in [-0.2, -0.15) is 0 Å². The Labute approximate surface area is 149 Å². The number of ether oxygens (including phenoxy) is 2. The van der Waals surface area contributed by atoms with E-state index in [1.165, 1.54) is 0 Å². The van der Waals surface area contributed by atoms with Crippen LogP contribution in [-0.4, -0.2) is 44.7 Å². The molecule has 0 spiro atoms. The molecule has 0 saturated heterocycles. The molecule has 0 aliphatic heterocycles.